The maximum Gasteiger partial charge on any atom is 0.225 e. The lowest BCUT2D eigenvalue weighted by Crippen LogP contribution is -2.25. The Morgan fingerprint density at radius 1 is 1.26 bits per heavy atom. The van der Waals surface area contributed by atoms with Crippen molar-refractivity contribution in [3.05, 3.63) is 42.0 Å². The summed E-state index contributed by atoms with van der Waals surface area (Å²) < 4.78 is 0. The lowest BCUT2D eigenvalue weighted by Gasteiger charge is -2.23. The number of carbonyl (C=O) groups is 1. The largest absolute Gasteiger partial charge is 0.321 e. The van der Waals surface area contributed by atoms with E-state index >= 15 is 0 Å². The van der Waals surface area contributed by atoms with Crippen LogP contribution in [0.2, 0.25) is 0 Å². The van der Waals surface area contributed by atoms with Crippen molar-refractivity contribution < 1.29 is 4.79 Å². The first kappa shape index (κ1) is 15.5. The van der Waals surface area contributed by atoms with Crippen LogP contribution >= 0.6 is 0 Å². The highest BCUT2D eigenvalue weighted by Crippen LogP contribution is 2.36. The standard InChI is InChI=1S/C18H22N4O/c1-12(2)10-18(23)19-16-8-9-17(21-20-16)22-13(3)11-14-6-4-5-7-15(14)22/h4-9,12-13H,10-11H2,1-3H3,(H,19,20,23). The summed E-state index contributed by atoms with van der Waals surface area (Å²) in [5.74, 6) is 1.61. The van der Waals surface area contributed by atoms with Crippen LogP contribution < -0.4 is 10.2 Å². The molecular weight excluding hydrogens is 288 g/mol. The molecule has 1 unspecified atom stereocenters. The van der Waals surface area contributed by atoms with Crippen molar-refractivity contribution in [1.82, 2.24) is 10.2 Å². The summed E-state index contributed by atoms with van der Waals surface area (Å²) in [6.45, 7) is 6.21. The Balaban J connectivity index is 1.76. The second-order valence-corrected chi connectivity index (χ2v) is 6.47. The molecule has 0 fully saturated rings. The molecule has 5 heteroatoms. The number of fused-ring (bicyclic) bond motifs is 1. The summed E-state index contributed by atoms with van der Waals surface area (Å²) in [5.41, 5.74) is 2.52. The monoisotopic (exact) mass is 310 g/mol. The van der Waals surface area contributed by atoms with E-state index in [4.69, 9.17) is 0 Å². The zero-order valence-electron chi connectivity index (χ0n) is 13.8. The molecule has 0 bridgehead atoms. The maximum absolute atomic E-state index is 11.8. The minimum atomic E-state index is -0.0260. The van der Waals surface area contributed by atoms with Gasteiger partial charge in [-0.2, -0.15) is 0 Å². The highest BCUT2D eigenvalue weighted by molar-refractivity contribution is 5.89. The fourth-order valence-corrected chi connectivity index (χ4v) is 3.00. The minimum absolute atomic E-state index is 0.0260. The number of carbonyl (C=O) groups excluding carboxylic acids is 1. The van der Waals surface area contributed by atoms with Gasteiger partial charge in [-0.25, -0.2) is 0 Å². The molecule has 2 aromatic rings. The number of para-hydroxylation sites is 1. The van der Waals surface area contributed by atoms with E-state index in [2.05, 4.69) is 45.5 Å². The van der Waals surface area contributed by atoms with Crippen LogP contribution in [-0.2, 0) is 11.2 Å². The van der Waals surface area contributed by atoms with Crippen molar-refractivity contribution in [3.63, 3.8) is 0 Å². The van der Waals surface area contributed by atoms with Crippen LogP contribution in [0.25, 0.3) is 0 Å². The molecule has 0 aliphatic carbocycles. The molecule has 0 spiro atoms. The molecule has 0 saturated heterocycles. The molecule has 3 rings (SSSR count). The first-order valence-corrected chi connectivity index (χ1v) is 8.05. The Morgan fingerprint density at radius 3 is 2.74 bits per heavy atom. The Hall–Kier alpha value is -2.43. The van der Waals surface area contributed by atoms with E-state index in [0.717, 1.165) is 12.2 Å². The summed E-state index contributed by atoms with van der Waals surface area (Å²) in [6, 6.07) is 12.4. The Bertz CT molecular complexity index is 696. The quantitative estimate of drug-likeness (QED) is 0.938. The Labute approximate surface area is 136 Å². The van der Waals surface area contributed by atoms with Crippen LogP contribution in [0.15, 0.2) is 36.4 Å². The van der Waals surface area contributed by atoms with E-state index in [-0.39, 0.29) is 5.91 Å². The van der Waals surface area contributed by atoms with Gasteiger partial charge >= 0.3 is 0 Å². The maximum atomic E-state index is 11.8. The van der Waals surface area contributed by atoms with Gasteiger partial charge < -0.3 is 10.2 Å². The lowest BCUT2D eigenvalue weighted by molar-refractivity contribution is -0.116. The van der Waals surface area contributed by atoms with Gasteiger partial charge in [0.05, 0.1) is 0 Å². The van der Waals surface area contributed by atoms with Crippen LogP contribution in [0, 0.1) is 5.92 Å². The molecule has 1 aliphatic heterocycles. The number of rotatable bonds is 4. The van der Waals surface area contributed by atoms with E-state index in [1.54, 1.807) is 0 Å². The molecule has 2 heterocycles. The molecule has 5 nitrogen and oxygen atoms in total. The van der Waals surface area contributed by atoms with Crippen LogP contribution in [0.3, 0.4) is 0 Å². The third kappa shape index (κ3) is 3.33. The first-order chi connectivity index (χ1) is 11.0. The Kier molecular flexibility index (Phi) is 4.28. The SMILES string of the molecule is CC(C)CC(=O)Nc1ccc(N2c3ccccc3CC2C)nn1. The van der Waals surface area contributed by atoms with Crippen molar-refractivity contribution in [1.29, 1.82) is 0 Å². The number of anilines is 3. The van der Waals surface area contributed by atoms with Gasteiger partial charge in [0, 0.05) is 18.2 Å². The van der Waals surface area contributed by atoms with Gasteiger partial charge in [0.2, 0.25) is 5.91 Å². The number of nitrogens with one attached hydrogen (secondary N) is 1. The van der Waals surface area contributed by atoms with Crippen LogP contribution in [0.5, 0.6) is 0 Å². The number of hydrogen-bond acceptors (Lipinski definition) is 4. The van der Waals surface area contributed by atoms with Gasteiger partial charge in [-0.05, 0) is 43.0 Å². The van der Waals surface area contributed by atoms with Gasteiger partial charge in [-0.1, -0.05) is 32.0 Å². The molecular formula is C18H22N4O. The molecule has 1 atom stereocenters. The first-order valence-electron chi connectivity index (χ1n) is 8.05. The van der Waals surface area contributed by atoms with E-state index in [1.165, 1.54) is 11.3 Å². The third-order valence-electron chi connectivity index (χ3n) is 3.97. The Morgan fingerprint density at radius 2 is 2.04 bits per heavy atom. The number of nitrogens with zero attached hydrogens (tertiary/aromatic N) is 3. The van der Waals surface area contributed by atoms with Gasteiger partial charge in [0.15, 0.2) is 11.6 Å². The molecule has 1 aromatic carbocycles. The topological polar surface area (TPSA) is 58.1 Å². The molecule has 1 amide bonds. The van der Waals surface area contributed by atoms with E-state index in [9.17, 15) is 4.79 Å². The second-order valence-electron chi connectivity index (χ2n) is 6.47. The zero-order chi connectivity index (χ0) is 16.4. The summed E-state index contributed by atoms with van der Waals surface area (Å²) in [4.78, 5) is 14.0. The average Bonchev–Trinajstić information content (AvgIpc) is 2.83. The van der Waals surface area contributed by atoms with E-state index in [1.807, 2.05) is 32.0 Å². The number of benzene rings is 1. The van der Waals surface area contributed by atoms with E-state index in [0.29, 0.717) is 24.2 Å². The fraction of sp³-hybridized carbons (Fsp3) is 0.389. The fourth-order valence-electron chi connectivity index (χ4n) is 3.00. The summed E-state index contributed by atoms with van der Waals surface area (Å²) in [6.07, 6.45) is 1.49. The highest BCUT2D eigenvalue weighted by Gasteiger charge is 2.27. The smallest absolute Gasteiger partial charge is 0.225 e. The van der Waals surface area contributed by atoms with Gasteiger partial charge in [0.1, 0.15) is 0 Å². The van der Waals surface area contributed by atoms with Crippen molar-refractivity contribution in [2.45, 2.75) is 39.7 Å². The zero-order valence-corrected chi connectivity index (χ0v) is 13.8. The predicted molar refractivity (Wildman–Crippen MR) is 91.9 cm³/mol. The molecule has 1 N–H and O–H groups in total. The highest BCUT2D eigenvalue weighted by atomic mass is 16.1. The predicted octanol–water partition coefficient (Wildman–Crippen LogP) is 3.54. The average molecular weight is 310 g/mol. The van der Waals surface area contributed by atoms with Crippen molar-refractivity contribution in [2.24, 2.45) is 5.92 Å². The summed E-state index contributed by atoms with van der Waals surface area (Å²) in [7, 11) is 0. The molecule has 0 saturated carbocycles. The molecule has 0 radical (unpaired) electrons. The van der Waals surface area contributed by atoms with Crippen molar-refractivity contribution >= 4 is 23.2 Å². The van der Waals surface area contributed by atoms with Gasteiger partial charge in [-0.3, -0.25) is 4.79 Å². The van der Waals surface area contributed by atoms with Crippen LogP contribution in [0.4, 0.5) is 17.3 Å². The van der Waals surface area contributed by atoms with Gasteiger partial charge in [0.25, 0.3) is 0 Å². The lowest BCUT2D eigenvalue weighted by atomic mass is 10.1. The van der Waals surface area contributed by atoms with E-state index < -0.39 is 0 Å². The number of amides is 1. The summed E-state index contributed by atoms with van der Waals surface area (Å²) >= 11 is 0. The molecule has 1 aromatic heterocycles. The number of hydrogen-bond donors (Lipinski definition) is 1. The van der Waals surface area contributed by atoms with Crippen LogP contribution in [0.1, 0.15) is 32.8 Å². The normalized spacial score (nSPS) is 16.5. The third-order valence-corrected chi connectivity index (χ3v) is 3.97. The minimum Gasteiger partial charge on any atom is -0.321 e. The van der Waals surface area contributed by atoms with Crippen LogP contribution in [-0.4, -0.2) is 22.1 Å². The molecule has 120 valence electrons. The summed E-state index contributed by atoms with van der Waals surface area (Å²) in [5, 5.41) is 11.2. The molecule has 23 heavy (non-hydrogen) atoms. The molecule has 1 aliphatic rings. The number of aromatic nitrogens is 2. The van der Waals surface area contributed by atoms with Crippen molar-refractivity contribution in [2.75, 3.05) is 10.2 Å². The second kappa shape index (κ2) is 6.36. The van der Waals surface area contributed by atoms with Gasteiger partial charge in [-0.15, -0.1) is 10.2 Å². The van der Waals surface area contributed by atoms with Crippen molar-refractivity contribution in [3.8, 4) is 0 Å².